The maximum absolute atomic E-state index is 11.4. The van der Waals surface area contributed by atoms with Gasteiger partial charge in [0.25, 0.3) is 0 Å². The summed E-state index contributed by atoms with van der Waals surface area (Å²) < 4.78 is 0. The minimum absolute atomic E-state index is 0.218. The van der Waals surface area contributed by atoms with Gasteiger partial charge in [-0.25, -0.2) is 9.78 Å². The Morgan fingerprint density at radius 1 is 1.50 bits per heavy atom. The van der Waals surface area contributed by atoms with Crippen molar-refractivity contribution in [1.29, 1.82) is 0 Å². The van der Waals surface area contributed by atoms with E-state index in [1.165, 1.54) is 12.8 Å². The van der Waals surface area contributed by atoms with Crippen molar-refractivity contribution in [2.75, 3.05) is 5.43 Å². The highest BCUT2D eigenvalue weighted by Crippen LogP contribution is 2.32. The van der Waals surface area contributed by atoms with E-state index in [0.717, 1.165) is 0 Å². The lowest BCUT2D eigenvalue weighted by Crippen LogP contribution is -2.44. The van der Waals surface area contributed by atoms with Crippen LogP contribution in [0.15, 0.2) is 24.4 Å². The molecule has 0 spiro atoms. The maximum Gasteiger partial charge on any atom is 0.333 e. The molecule has 2 rings (SSSR count). The molecule has 1 saturated carbocycles. The zero-order chi connectivity index (χ0) is 11.4. The number of carbonyl (C=O) groups excluding carboxylic acids is 1. The normalized spacial score (nSPS) is 16.3. The maximum atomic E-state index is 11.4. The second-order valence-corrected chi connectivity index (χ2v) is 4.06. The molecule has 0 bridgehead atoms. The zero-order valence-corrected chi connectivity index (χ0v) is 9.23. The predicted octanol–water partition coefficient (Wildman–Crippen LogP) is 1.51. The van der Waals surface area contributed by atoms with E-state index in [0.29, 0.717) is 11.7 Å². The Morgan fingerprint density at radius 2 is 2.31 bits per heavy atom. The summed E-state index contributed by atoms with van der Waals surface area (Å²) in [6.07, 6.45) is 4.10. The molecular formula is C11H16N4O. The van der Waals surface area contributed by atoms with E-state index >= 15 is 0 Å². The van der Waals surface area contributed by atoms with Crippen LogP contribution in [0.1, 0.15) is 19.8 Å². The van der Waals surface area contributed by atoms with Gasteiger partial charge in [0.1, 0.15) is 5.82 Å². The van der Waals surface area contributed by atoms with Gasteiger partial charge in [0.2, 0.25) is 0 Å². The van der Waals surface area contributed by atoms with E-state index in [1.807, 2.05) is 19.1 Å². The lowest BCUT2D eigenvalue weighted by atomic mass is 10.2. The third-order valence-corrected chi connectivity index (χ3v) is 2.66. The Balaban J connectivity index is 1.71. The van der Waals surface area contributed by atoms with Crippen LogP contribution in [0.5, 0.6) is 0 Å². The van der Waals surface area contributed by atoms with Gasteiger partial charge in [0.15, 0.2) is 0 Å². The first-order chi connectivity index (χ1) is 7.75. The molecule has 1 fully saturated rings. The second-order valence-electron chi connectivity index (χ2n) is 4.06. The van der Waals surface area contributed by atoms with E-state index in [-0.39, 0.29) is 12.1 Å². The van der Waals surface area contributed by atoms with Crippen LogP contribution in [0, 0.1) is 5.92 Å². The number of carbonyl (C=O) groups is 1. The Hall–Kier alpha value is -1.78. The first-order valence-corrected chi connectivity index (χ1v) is 5.49. The minimum atomic E-state index is -0.218. The first-order valence-electron chi connectivity index (χ1n) is 5.49. The van der Waals surface area contributed by atoms with E-state index < -0.39 is 0 Å². The fraction of sp³-hybridized carbons (Fsp3) is 0.455. The summed E-state index contributed by atoms with van der Waals surface area (Å²) in [5, 5.41) is 2.87. The molecule has 0 radical (unpaired) electrons. The number of aromatic nitrogens is 1. The SMILES string of the molecule is C[C@H](NC(=O)NNc1ccccn1)C1CC1. The van der Waals surface area contributed by atoms with Crippen molar-refractivity contribution in [3.8, 4) is 0 Å². The van der Waals surface area contributed by atoms with Crippen LogP contribution in [0.4, 0.5) is 10.6 Å². The highest BCUT2D eigenvalue weighted by atomic mass is 16.2. The minimum Gasteiger partial charge on any atom is -0.334 e. The Labute approximate surface area is 94.6 Å². The highest BCUT2D eigenvalue weighted by Gasteiger charge is 2.28. The molecule has 86 valence electrons. The van der Waals surface area contributed by atoms with Crippen LogP contribution in [0.3, 0.4) is 0 Å². The largest absolute Gasteiger partial charge is 0.334 e. The number of hydrazine groups is 1. The Morgan fingerprint density at radius 3 is 2.94 bits per heavy atom. The van der Waals surface area contributed by atoms with Gasteiger partial charge in [-0.1, -0.05) is 6.07 Å². The topological polar surface area (TPSA) is 66.1 Å². The predicted molar refractivity (Wildman–Crippen MR) is 61.7 cm³/mol. The quantitative estimate of drug-likeness (QED) is 0.674. The van der Waals surface area contributed by atoms with Crippen LogP contribution in [0.2, 0.25) is 0 Å². The van der Waals surface area contributed by atoms with Crippen LogP contribution in [-0.2, 0) is 0 Å². The smallest absolute Gasteiger partial charge is 0.333 e. The Kier molecular flexibility index (Phi) is 3.24. The van der Waals surface area contributed by atoms with E-state index in [1.54, 1.807) is 12.3 Å². The molecule has 1 aromatic heterocycles. The van der Waals surface area contributed by atoms with Gasteiger partial charge in [-0.2, -0.15) is 0 Å². The standard InChI is InChI=1S/C11H16N4O/c1-8(9-5-6-9)13-11(16)15-14-10-4-2-3-7-12-10/h2-4,7-9H,5-6H2,1H3,(H,12,14)(H2,13,15,16)/t8-/m0/s1. The molecular weight excluding hydrogens is 204 g/mol. The van der Waals surface area contributed by atoms with Crippen LogP contribution < -0.4 is 16.2 Å². The zero-order valence-electron chi connectivity index (χ0n) is 9.23. The van der Waals surface area contributed by atoms with Crippen molar-refractivity contribution in [1.82, 2.24) is 15.7 Å². The third kappa shape index (κ3) is 3.12. The number of hydrogen-bond donors (Lipinski definition) is 3. The van der Waals surface area contributed by atoms with Crippen molar-refractivity contribution in [2.24, 2.45) is 5.92 Å². The number of hydrogen-bond acceptors (Lipinski definition) is 3. The molecule has 5 heteroatoms. The molecule has 1 aliphatic rings. The Bertz CT molecular complexity index is 350. The van der Waals surface area contributed by atoms with Gasteiger partial charge in [-0.05, 0) is 37.8 Å². The molecule has 1 heterocycles. The van der Waals surface area contributed by atoms with Crippen LogP contribution >= 0.6 is 0 Å². The van der Waals surface area contributed by atoms with Gasteiger partial charge in [-0.15, -0.1) is 0 Å². The van der Waals surface area contributed by atoms with Gasteiger partial charge >= 0.3 is 6.03 Å². The molecule has 3 N–H and O–H groups in total. The fourth-order valence-corrected chi connectivity index (χ4v) is 1.51. The molecule has 16 heavy (non-hydrogen) atoms. The van der Waals surface area contributed by atoms with Crippen molar-refractivity contribution in [2.45, 2.75) is 25.8 Å². The summed E-state index contributed by atoms with van der Waals surface area (Å²) in [6, 6.07) is 5.47. The lowest BCUT2D eigenvalue weighted by molar-refractivity contribution is 0.238. The van der Waals surface area contributed by atoms with Crippen LogP contribution in [-0.4, -0.2) is 17.1 Å². The third-order valence-electron chi connectivity index (χ3n) is 2.66. The molecule has 2 amide bonds. The van der Waals surface area contributed by atoms with E-state index in [2.05, 4.69) is 21.2 Å². The van der Waals surface area contributed by atoms with Crippen molar-refractivity contribution < 1.29 is 4.79 Å². The number of nitrogens with zero attached hydrogens (tertiary/aromatic N) is 1. The number of amides is 2. The lowest BCUT2D eigenvalue weighted by Gasteiger charge is -2.14. The first kappa shape index (κ1) is 10.7. The average Bonchev–Trinajstić information content (AvgIpc) is 3.11. The number of urea groups is 1. The molecule has 0 aromatic carbocycles. The monoisotopic (exact) mass is 220 g/mol. The molecule has 0 unspecified atom stereocenters. The summed E-state index contributed by atoms with van der Waals surface area (Å²) in [6.45, 7) is 2.03. The van der Waals surface area contributed by atoms with Crippen molar-refractivity contribution in [3.05, 3.63) is 24.4 Å². The summed E-state index contributed by atoms with van der Waals surface area (Å²) in [4.78, 5) is 15.5. The number of nitrogens with one attached hydrogen (secondary N) is 3. The number of pyridine rings is 1. The van der Waals surface area contributed by atoms with Crippen molar-refractivity contribution >= 4 is 11.8 Å². The summed E-state index contributed by atoms with van der Waals surface area (Å²) in [5.41, 5.74) is 5.29. The molecule has 1 aromatic rings. The summed E-state index contributed by atoms with van der Waals surface area (Å²) in [7, 11) is 0. The van der Waals surface area contributed by atoms with Gasteiger partial charge < -0.3 is 5.32 Å². The average molecular weight is 220 g/mol. The second kappa shape index (κ2) is 4.83. The summed E-state index contributed by atoms with van der Waals surface area (Å²) >= 11 is 0. The number of rotatable bonds is 4. The van der Waals surface area contributed by atoms with Gasteiger partial charge in [0, 0.05) is 12.2 Å². The van der Waals surface area contributed by atoms with Gasteiger partial charge in [0.05, 0.1) is 0 Å². The molecule has 5 nitrogen and oxygen atoms in total. The van der Waals surface area contributed by atoms with E-state index in [4.69, 9.17) is 0 Å². The van der Waals surface area contributed by atoms with Gasteiger partial charge in [-0.3, -0.25) is 10.9 Å². The van der Waals surface area contributed by atoms with Crippen LogP contribution in [0.25, 0.3) is 0 Å². The van der Waals surface area contributed by atoms with Crippen molar-refractivity contribution in [3.63, 3.8) is 0 Å². The molecule has 1 atom stereocenters. The fourth-order valence-electron chi connectivity index (χ4n) is 1.51. The number of anilines is 1. The highest BCUT2D eigenvalue weighted by molar-refractivity contribution is 5.75. The molecule has 0 saturated heterocycles. The van der Waals surface area contributed by atoms with E-state index in [9.17, 15) is 4.79 Å². The summed E-state index contributed by atoms with van der Waals surface area (Å²) in [5.74, 6) is 1.28. The molecule has 1 aliphatic carbocycles. The molecule has 0 aliphatic heterocycles.